The van der Waals surface area contributed by atoms with E-state index in [2.05, 4.69) is 10.6 Å². The van der Waals surface area contributed by atoms with Gasteiger partial charge in [0, 0.05) is 24.6 Å². The first-order chi connectivity index (χ1) is 11.6. The van der Waals surface area contributed by atoms with E-state index in [1.54, 1.807) is 30.3 Å². The fourth-order valence-electron chi connectivity index (χ4n) is 2.66. The van der Waals surface area contributed by atoms with Crippen molar-refractivity contribution in [1.29, 1.82) is 0 Å². The predicted molar refractivity (Wildman–Crippen MR) is 83.9 cm³/mol. The summed E-state index contributed by atoms with van der Waals surface area (Å²) in [5.74, 6) is -1.23. The highest BCUT2D eigenvalue weighted by Gasteiger charge is 2.40. The number of hydrogen-bond donors (Lipinski definition) is 2. The van der Waals surface area contributed by atoms with Crippen molar-refractivity contribution < 1.29 is 23.9 Å². The molecular weight excluding hydrogens is 314 g/mol. The number of esters is 1. The number of nitrogens with one attached hydrogen (secondary N) is 2. The van der Waals surface area contributed by atoms with Crippen LogP contribution < -0.4 is 10.6 Å². The van der Waals surface area contributed by atoms with Crippen molar-refractivity contribution in [2.75, 3.05) is 20.2 Å². The van der Waals surface area contributed by atoms with Crippen LogP contribution >= 0.6 is 0 Å². The number of carbonyl (C=O) groups is 4. The van der Waals surface area contributed by atoms with Gasteiger partial charge < -0.3 is 20.3 Å². The largest absolute Gasteiger partial charge is 0.467 e. The summed E-state index contributed by atoms with van der Waals surface area (Å²) in [5, 5.41) is 5.09. The lowest BCUT2D eigenvalue weighted by molar-refractivity contribution is -0.150. The van der Waals surface area contributed by atoms with Gasteiger partial charge in [-0.3, -0.25) is 14.4 Å². The maximum atomic E-state index is 12.2. The van der Waals surface area contributed by atoms with E-state index in [1.165, 1.54) is 12.0 Å². The zero-order chi connectivity index (χ0) is 17.5. The third kappa shape index (κ3) is 4.09. The quantitative estimate of drug-likeness (QED) is 0.529. The number of benzene rings is 1. The van der Waals surface area contributed by atoms with Crippen LogP contribution in [-0.2, 0) is 19.1 Å². The van der Waals surface area contributed by atoms with Gasteiger partial charge in [-0.05, 0) is 12.1 Å². The maximum absolute atomic E-state index is 12.2. The number of methoxy groups -OCH3 is 1. The summed E-state index contributed by atoms with van der Waals surface area (Å²) in [5.41, 5.74) is 0.500. The molecule has 8 nitrogen and oxygen atoms in total. The highest BCUT2D eigenvalue weighted by molar-refractivity contribution is 5.94. The topological polar surface area (TPSA) is 105 Å². The Labute approximate surface area is 139 Å². The van der Waals surface area contributed by atoms with Crippen molar-refractivity contribution in [2.24, 2.45) is 0 Å². The van der Waals surface area contributed by atoms with Crippen LogP contribution in [-0.4, -0.2) is 61.4 Å². The molecule has 2 atom stereocenters. The van der Waals surface area contributed by atoms with Crippen molar-refractivity contribution in [3.8, 4) is 0 Å². The summed E-state index contributed by atoms with van der Waals surface area (Å²) in [6, 6.07) is 7.51. The monoisotopic (exact) mass is 333 g/mol. The van der Waals surface area contributed by atoms with E-state index in [4.69, 9.17) is 4.74 Å². The SMILES string of the molecule is COC(=O)[C@@H]1C[C@@H](NC(=O)c2ccccc2)CN1C(=O)CNC=O. The Hall–Kier alpha value is -2.90. The molecule has 0 aromatic heterocycles. The van der Waals surface area contributed by atoms with Crippen LogP contribution in [0, 0.1) is 0 Å². The summed E-state index contributed by atoms with van der Waals surface area (Å²) in [7, 11) is 1.24. The normalized spacial score (nSPS) is 19.5. The van der Waals surface area contributed by atoms with Crippen molar-refractivity contribution in [1.82, 2.24) is 15.5 Å². The molecule has 0 bridgehead atoms. The minimum atomic E-state index is -0.781. The minimum Gasteiger partial charge on any atom is -0.467 e. The van der Waals surface area contributed by atoms with Crippen molar-refractivity contribution in [3.05, 3.63) is 35.9 Å². The van der Waals surface area contributed by atoms with Crippen LogP contribution in [0.3, 0.4) is 0 Å². The van der Waals surface area contributed by atoms with Gasteiger partial charge >= 0.3 is 5.97 Å². The van der Waals surface area contributed by atoms with Crippen molar-refractivity contribution in [3.63, 3.8) is 0 Å². The van der Waals surface area contributed by atoms with Gasteiger partial charge in [0.2, 0.25) is 12.3 Å². The lowest BCUT2D eigenvalue weighted by atomic mass is 10.1. The second-order valence-electron chi connectivity index (χ2n) is 5.36. The van der Waals surface area contributed by atoms with Crippen molar-refractivity contribution in [2.45, 2.75) is 18.5 Å². The Morgan fingerprint density at radius 3 is 2.62 bits per heavy atom. The van der Waals surface area contributed by atoms with E-state index < -0.39 is 17.9 Å². The zero-order valence-electron chi connectivity index (χ0n) is 13.2. The molecule has 2 rings (SSSR count). The van der Waals surface area contributed by atoms with Gasteiger partial charge in [0.25, 0.3) is 5.91 Å². The van der Waals surface area contributed by atoms with E-state index in [0.717, 1.165) is 0 Å². The lowest BCUT2D eigenvalue weighted by Crippen LogP contribution is -2.45. The average molecular weight is 333 g/mol. The summed E-state index contributed by atoms with van der Waals surface area (Å²) < 4.78 is 4.72. The van der Waals surface area contributed by atoms with Gasteiger partial charge in [-0.1, -0.05) is 18.2 Å². The van der Waals surface area contributed by atoms with E-state index in [0.29, 0.717) is 12.0 Å². The number of hydrogen-bond acceptors (Lipinski definition) is 5. The molecule has 24 heavy (non-hydrogen) atoms. The number of likely N-dealkylation sites (tertiary alicyclic amines) is 1. The maximum Gasteiger partial charge on any atom is 0.328 e. The molecule has 1 saturated heterocycles. The molecule has 1 aliphatic heterocycles. The van der Waals surface area contributed by atoms with Gasteiger partial charge in [-0.2, -0.15) is 0 Å². The highest BCUT2D eigenvalue weighted by Crippen LogP contribution is 2.19. The van der Waals surface area contributed by atoms with Gasteiger partial charge in [0.1, 0.15) is 6.04 Å². The molecule has 1 aromatic rings. The Morgan fingerprint density at radius 1 is 1.29 bits per heavy atom. The first-order valence-electron chi connectivity index (χ1n) is 7.47. The molecular formula is C16H19N3O5. The second kappa shape index (κ2) is 8.09. The van der Waals surface area contributed by atoms with Crippen LogP contribution in [0.2, 0.25) is 0 Å². The summed E-state index contributed by atoms with van der Waals surface area (Å²) >= 11 is 0. The molecule has 1 aromatic carbocycles. The summed E-state index contributed by atoms with van der Waals surface area (Å²) in [6.07, 6.45) is 0.674. The number of nitrogens with zero attached hydrogens (tertiary/aromatic N) is 1. The van der Waals surface area contributed by atoms with E-state index in [9.17, 15) is 19.2 Å². The Kier molecular flexibility index (Phi) is 5.89. The van der Waals surface area contributed by atoms with Gasteiger partial charge in [-0.15, -0.1) is 0 Å². The number of rotatable bonds is 6. The van der Waals surface area contributed by atoms with Gasteiger partial charge in [0.15, 0.2) is 0 Å². The highest BCUT2D eigenvalue weighted by atomic mass is 16.5. The van der Waals surface area contributed by atoms with E-state index in [-0.39, 0.29) is 31.5 Å². The molecule has 0 unspecified atom stereocenters. The molecule has 0 saturated carbocycles. The van der Waals surface area contributed by atoms with Crippen LogP contribution in [0.4, 0.5) is 0 Å². The molecule has 1 aliphatic rings. The van der Waals surface area contributed by atoms with Gasteiger partial charge in [-0.25, -0.2) is 4.79 Å². The molecule has 0 spiro atoms. The van der Waals surface area contributed by atoms with Crippen LogP contribution in [0.15, 0.2) is 30.3 Å². The number of amides is 3. The Balaban J connectivity index is 2.05. The number of carbonyl (C=O) groups excluding carboxylic acids is 4. The summed E-state index contributed by atoms with van der Waals surface area (Å²) in [6.45, 7) is -0.0337. The standard InChI is InChI=1S/C16H19N3O5/c1-24-16(23)13-7-12(9-19(13)14(21)8-17-10-20)18-15(22)11-5-3-2-4-6-11/h2-6,10,12-13H,7-9H2,1H3,(H,17,20)(H,18,22)/t12-,13+/m1/s1. The first-order valence-corrected chi connectivity index (χ1v) is 7.47. The minimum absolute atomic E-state index is 0.178. The third-order valence-corrected chi connectivity index (χ3v) is 3.80. The predicted octanol–water partition coefficient (Wildman–Crippen LogP) is -0.695. The van der Waals surface area contributed by atoms with Crippen LogP contribution in [0.25, 0.3) is 0 Å². The number of ether oxygens (including phenoxy) is 1. The molecule has 128 valence electrons. The zero-order valence-corrected chi connectivity index (χ0v) is 13.2. The second-order valence-corrected chi connectivity index (χ2v) is 5.36. The molecule has 8 heteroatoms. The molecule has 3 amide bonds. The van der Waals surface area contributed by atoms with Crippen LogP contribution in [0.5, 0.6) is 0 Å². The average Bonchev–Trinajstić information content (AvgIpc) is 3.03. The Bertz CT molecular complexity index is 619. The van der Waals surface area contributed by atoms with Gasteiger partial charge in [0.05, 0.1) is 13.7 Å². The molecule has 0 aliphatic carbocycles. The first kappa shape index (κ1) is 17.5. The fourth-order valence-corrected chi connectivity index (χ4v) is 2.66. The van der Waals surface area contributed by atoms with Crippen molar-refractivity contribution >= 4 is 24.2 Å². The fraction of sp³-hybridized carbons (Fsp3) is 0.375. The van der Waals surface area contributed by atoms with E-state index in [1.807, 2.05) is 0 Å². The molecule has 0 radical (unpaired) electrons. The van der Waals surface area contributed by atoms with E-state index >= 15 is 0 Å². The third-order valence-electron chi connectivity index (χ3n) is 3.80. The lowest BCUT2D eigenvalue weighted by Gasteiger charge is -2.22. The smallest absolute Gasteiger partial charge is 0.328 e. The Morgan fingerprint density at radius 2 is 2.00 bits per heavy atom. The molecule has 2 N–H and O–H groups in total. The molecule has 1 fully saturated rings. The van der Waals surface area contributed by atoms with Crippen LogP contribution in [0.1, 0.15) is 16.8 Å². The molecule has 1 heterocycles. The summed E-state index contributed by atoms with van der Waals surface area (Å²) in [4.78, 5) is 47.9.